The quantitative estimate of drug-likeness (QED) is 0.676. The van der Waals surface area contributed by atoms with E-state index in [9.17, 15) is 4.79 Å². The number of nitrogens with one attached hydrogen (secondary N) is 2. The second-order valence-corrected chi connectivity index (χ2v) is 6.83. The summed E-state index contributed by atoms with van der Waals surface area (Å²) < 4.78 is 2.02. The summed E-state index contributed by atoms with van der Waals surface area (Å²) in [5.74, 6) is 0.404. The number of benzene rings is 1. The maximum absolute atomic E-state index is 11.3. The van der Waals surface area contributed by atoms with Gasteiger partial charge in [0.05, 0.1) is 6.20 Å². The van der Waals surface area contributed by atoms with Gasteiger partial charge in [-0.15, -0.1) is 0 Å². The SMILES string of the molecule is CNCCNc1ccc(-c2cnn(CCCN3CCC(=O)CC3)c2)cc1. The van der Waals surface area contributed by atoms with E-state index in [1.54, 1.807) is 0 Å². The van der Waals surface area contributed by atoms with Crippen molar-refractivity contribution in [2.75, 3.05) is 45.1 Å². The summed E-state index contributed by atoms with van der Waals surface area (Å²) in [6, 6.07) is 8.49. The normalized spacial score (nSPS) is 15.3. The number of carbonyl (C=O) groups excluding carboxylic acids is 1. The minimum Gasteiger partial charge on any atom is -0.384 e. The van der Waals surface area contributed by atoms with E-state index in [0.717, 1.165) is 56.9 Å². The summed E-state index contributed by atoms with van der Waals surface area (Å²) >= 11 is 0. The number of likely N-dealkylation sites (N-methyl/N-ethyl adjacent to an activating group) is 1. The average molecular weight is 355 g/mol. The Morgan fingerprint density at radius 1 is 1.04 bits per heavy atom. The molecular formula is C20H29N5O. The zero-order chi connectivity index (χ0) is 18.2. The topological polar surface area (TPSA) is 62.2 Å². The maximum Gasteiger partial charge on any atom is 0.135 e. The third-order valence-corrected chi connectivity index (χ3v) is 4.83. The van der Waals surface area contributed by atoms with Crippen LogP contribution in [0.1, 0.15) is 19.3 Å². The van der Waals surface area contributed by atoms with Gasteiger partial charge in [-0.25, -0.2) is 0 Å². The lowest BCUT2D eigenvalue weighted by atomic mass is 10.1. The lowest BCUT2D eigenvalue weighted by Gasteiger charge is -2.25. The van der Waals surface area contributed by atoms with Crippen LogP contribution < -0.4 is 10.6 Å². The molecule has 1 aliphatic rings. The summed E-state index contributed by atoms with van der Waals surface area (Å²) in [6.07, 6.45) is 6.53. The molecule has 0 spiro atoms. The molecule has 3 rings (SSSR count). The van der Waals surface area contributed by atoms with Crippen LogP contribution in [0, 0.1) is 0 Å². The summed E-state index contributed by atoms with van der Waals surface area (Å²) in [4.78, 5) is 13.7. The number of hydrogen-bond donors (Lipinski definition) is 2. The van der Waals surface area contributed by atoms with Crippen molar-refractivity contribution in [3.8, 4) is 11.1 Å². The highest BCUT2D eigenvalue weighted by atomic mass is 16.1. The van der Waals surface area contributed by atoms with Gasteiger partial charge in [0.15, 0.2) is 0 Å². The molecule has 2 heterocycles. The van der Waals surface area contributed by atoms with Crippen molar-refractivity contribution in [2.24, 2.45) is 0 Å². The zero-order valence-corrected chi connectivity index (χ0v) is 15.6. The first-order valence-corrected chi connectivity index (χ1v) is 9.50. The van der Waals surface area contributed by atoms with Gasteiger partial charge in [0.1, 0.15) is 5.78 Å². The van der Waals surface area contributed by atoms with Crippen molar-refractivity contribution in [1.82, 2.24) is 20.0 Å². The van der Waals surface area contributed by atoms with E-state index in [1.165, 1.54) is 5.56 Å². The number of aromatic nitrogens is 2. The minimum absolute atomic E-state index is 0.404. The molecule has 1 saturated heterocycles. The van der Waals surface area contributed by atoms with Crippen LogP contribution in [0.2, 0.25) is 0 Å². The lowest BCUT2D eigenvalue weighted by molar-refractivity contribution is -0.121. The minimum atomic E-state index is 0.404. The fraction of sp³-hybridized carbons (Fsp3) is 0.500. The Morgan fingerprint density at radius 2 is 1.81 bits per heavy atom. The number of piperidine rings is 1. The molecule has 0 bridgehead atoms. The van der Waals surface area contributed by atoms with Gasteiger partial charge in [-0.1, -0.05) is 12.1 Å². The van der Waals surface area contributed by atoms with Gasteiger partial charge in [0, 0.05) is 63.0 Å². The van der Waals surface area contributed by atoms with Gasteiger partial charge >= 0.3 is 0 Å². The number of carbonyl (C=O) groups is 1. The first-order chi connectivity index (χ1) is 12.7. The molecule has 0 unspecified atom stereocenters. The van der Waals surface area contributed by atoms with Crippen molar-refractivity contribution in [2.45, 2.75) is 25.8 Å². The molecule has 0 radical (unpaired) electrons. The number of likely N-dealkylation sites (tertiary alicyclic amines) is 1. The number of Topliss-reactive ketones (excluding diaryl/α,β-unsaturated/α-hetero) is 1. The average Bonchev–Trinajstić information content (AvgIpc) is 3.13. The van der Waals surface area contributed by atoms with E-state index in [4.69, 9.17) is 0 Å². The number of hydrogen-bond acceptors (Lipinski definition) is 5. The van der Waals surface area contributed by atoms with Crippen molar-refractivity contribution in [3.05, 3.63) is 36.7 Å². The molecule has 0 amide bonds. The molecular weight excluding hydrogens is 326 g/mol. The third kappa shape index (κ3) is 5.41. The summed E-state index contributed by atoms with van der Waals surface area (Å²) in [6.45, 7) is 5.64. The monoisotopic (exact) mass is 355 g/mol. The molecule has 1 aromatic heterocycles. The van der Waals surface area contributed by atoms with Crippen LogP contribution >= 0.6 is 0 Å². The second kappa shape index (κ2) is 9.50. The van der Waals surface area contributed by atoms with Gasteiger partial charge in [0.2, 0.25) is 0 Å². The number of rotatable bonds is 9. The molecule has 0 atom stereocenters. The Balaban J connectivity index is 1.45. The Morgan fingerprint density at radius 3 is 2.54 bits per heavy atom. The van der Waals surface area contributed by atoms with E-state index in [0.29, 0.717) is 18.6 Å². The van der Waals surface area contributed by atoms with E-state index < -0.39 is 0 Å². The molecule has 1 aliphatic heterocycles. The van der Waals surface area contributed by atoms with Gasteiger partial charge in [-0.3, -0.25) is 9.48 Å². The van der Waals surface area contributed by atoms with Crippen molar-refractivity contribution >= 4 is 11.5 Å². The molecule has 1 fully saturated rings. The maximum atomic E-state index is 11.3. The second-order valence-electron chi connectivity index (χ2n) is 6.83. The summed E-state index contributed by atoms with van der Waals surface area (Å²) in [7, 11) is 1.95. The van der Waals surface area contributed by atoms with Crippen LogP contribution in [-0.2, 0) is 11.3 Å². The van der Waals surface area contributed by atoms with Crippen molar-refractivity contribution in [3.63, 3.8) is 0 Å². The third-order valence-electron chi connectivity index (χ3n) is 4.83. The van der Waals surface area contributed by atoms with Crippen LogP contribution in [-0.4, -0.2) is 60.2 Å². The molecule has 6 nitrogen and oxygen atoms in total. The van der Waals surface area contributed by atoms with Gasteiger partial charge < -0.3 is 15.5 Å². The number of aryl methyl sites for hydroxylation is 1. The highest BCUT2D eigenvalue weighted by Gasteiger charge is 2.15. The Kier molecular flexibility index (Phi) is 6.80. The van der Waals surface area contributed by atoms with E-state index >= 15 is 0 Å². The predicted octanol–water partition coefficient (Wildman–Crippen LogP) is 2.24. The van der Waals surface area contributed by atoms with E-state index in [1.807, 2.05) is 17.9 Å². The highest BCUT2D eigenvalue weighted by molar-refractivity contribution is 5.79. The van der Waals surface area contributed by atoms with E-state index in [2.05, 4.69) is 51.1 Å². The smallest absolute Gasteiger partial charge is 0.135 e. The van der Waals surface area contributed by atoms with Crippen LogP contribution in [0.4, 0.5) is 5.69 Å². The number of ketones is 1. The predicted molar refractivity (Wildman–Crippen MR) is 105 cm³/mol. The molecule has 26 heavy (non-hydrogen) atoms. The van der Waals surface area contributed by atoms with Crippen LogP contribution in [0.3, 0.4) is 0 Å². The summed E-state index contributed by atoms with van der Waals surface area (Å²) in [5.41, 5.74) is 3.47. The number of nitrogens with zero attached hydrogens (tertiary/aromatic N) is 3. The molecule has 140 valence electrons. The Labute approximate surface area is 155 Å². The fourth-order valence-electron chi connectivity index (χ4n) is 3.23. The van der Waals surface area contributed by atoms with Gasteiger partial charge in [0.25, 0.3) is 0 Å². The van der Waals surface area contributed by atoms with Gasteiger partial charge in [-0.05, 0) is 37.7 Å². The number of anilines is 1. The molecule has 1 aromatic carbocycles. The van der Waals surface area contributed by atoms with Gasteiger partial charge in [-0.2, -0.15) is 5.10 Å². The van der Waals surface area contributed by atoms with Crippen molar-refractivity contribution < 1.29 is 4.79 Å². The van der Waals surface area contributed by atoms with Crippen molar-refractivity contribution in [1.29, 1.82) is 0 Å². The molecule has 0 saturated carbocycles. The standard InChI is InChI=1S/C20H29N5O/c1-21-9-10-22-19-5-3-17(4-6-19)18-15-23-25(16-18)12-2-11-24-13-7-20(26)8-14-24/h3-6,15-16,21-22H,2,7-14H2,1H3. The highest BCUT2D eigenvalue weighted by Crippen LogP contribution is 2.21. The molecule has 0 aliphatic carbocycles. The Bertz CT molecular complexity index is 684. The van der Waals surface area contributed by atoms with Crippen LogP contribution in [0.25, 0.3) is 11.1 Å². The first kappa shape index (κ1) is 18.6. The largest absolute Gasteiger partial charge is 0.384 e. The molecule has 6 heteroatoms. The fourth-order valence-corrected chi connectivity index (χ4v) is 3.23. The zero-order valence-electron chi connectivity index (χ0n) is 15.6. The first-order valence-electron chi connectivity index (χ1n) is 9.50. The molecule has 2 aromatic rings. The van der Waals surface area contributed by atoms with E-state index in [-0.39, 0.29) is 0 Å². The van der Waals surface area contributed by atoms with Crippen LogP contribution in [0.5, 0.6) is 0 Å². The lowest BCUT2D eigenvalue weighted by Crippen LogP contribution is -2.34. The molecule has 2 N–H and O–H groups in total. The van der Waals surface area contributed by atoms with Crippen LogP contribution in [0.15, 0.2) is 36.7 Å². The summed E-state index contributed by atoms with van der Waals surface area (Å²) in [5, 5.41) is 11.0. The Hall–Kier alpha value is -2.18.